The van der Waals surface area contributed by atoms with E-state index in [1.165, 1.54) is 10.7 Å². The minimum atomic E-state index is -0.244. The minimum Gasteiger partial charge on any atom is -0.352 e. The molecule has 80 valence electrons. The molecular weight excluding hydrogens is 194 g/mol. The number of aromatic nitrogens is 2. The van der Waals surface area contributed by atoms with Crippen molar-refractivity contribution in [2.75, 3.05) is 0 Å². The Kier molecular flexibility index (Phi) is 2.53. The molecule has 0 aliphatic heterocycles. The van der Waals surface area contributed by atoms with Crippen LogP contribution < -0.4 is 10.9 Å². The van der Waals surface area contributed by atoms with Crippen molar-refractivity contribution >= 4 is 5.91 Å². The lowest BCUT2D eigenvalue weighted by Crippen LogP contribution is -2.34. The van der Waals surface area contributed by atoms with E-state index >= 15 is 0 Å². The van der Waals surface area contributed by atoms with Crippen LogP contribution in [0.5, 0.6) is 0 Å². The summed E-state index contributed by atoms with van der Waals surface area (Å²) in [7, 11) is 0. The van der Waals surface area contributed by atoms with Gasteiger partial charge < -0.3 is 5.32 Å². The smallest absolute Gasteiger partial charge is 0.267 e. The summed E-state index contributed by atoms with van der Waals surface area (Å²) in [6.07, 6.45) is 2.09. The SMILES string of the molecule is Cc1ccc(=O)n(CC(=O)NC2CC2)n1. The largest absolute Gasteiger partial charge is 0.352 e. The highest BCUT2D eigenvalue weighted by molar-refractivity contribution is 5.76. The lowest BCUT2D eigenvalue weighted by Gasteiger charge is -2.05. The van der Waals surface area contributed by atoms with Crippen LogP contribution in [-0.4, -0.2) is 21.7 Å². The molecule has 0 bridgehead atoms. The summed E-state index contributed by atoms with van der Waals surface area (Å²) in [4.78, 5) is 22.7. The van der Waals surface area contributed by atoms with Gasteiger partial charge in [0.1, 0.15) is 6.54 Å². The molecule has 15 heavy (non-hydrogen) atoms. The Morgan fingerprint density at radius 1 is 1.60 bits per heavy atom. The van der Waals surface area contributed by atoms with E-state index in [0.29, 0.717) is 6.04 Å². The first-order valence-corrected chi connectivity index (χ1v) is 4.99. The number of nitrogens with zero attached hydrogens (tertiary/aromatic N) is 2. The first-order valence-electron chi connectivity index (χ1n) is 4.99. The van der Waals surface area contributed by atoms with Crippen LogP contribution >= 0.6 is 0 Å². The molecule has 5 heteroatoms. The third-order valence-corrected chi connectivity index (χ3v) is 2.24. The second-order valence-electron chi connectivity index (χ2n) is 3.81. The van der Waals surface area contributed by atoms with Gasteiger partial charge in [-0.2, -0.15) is 5.10 Å². The first-order chi connectivity index (χ1) is 7.15. The zero-order valence-corrected chi connectivity index (χ0v) is 8.56. The lowest BCUT2D eigenvalue weighted by atomic mass is 10.4. The Morgan fingerprint density at radius 3 is 3.00 bits per heavy atom. The molecule has 1 aromatic rings. The van der Waals surface area contributed by atoms with E-state index in [1.807, 2.05) is 0 Å². The second kappa shape index (κ2) is 3.84. The minimum absolute atomic E-state index is 0.0109. The van der Waals surface area contributed by atoms with Crippen LogP contribution in [0.1, 0.15) is 18.5 Å². The van der Waals surface area contributed by atoms with Gasteiger partial charge >= 0.3 is 0 Å². The van der Waals surface area contributed by atoms with Crippen molar-refractivity contribution in [1.82, 2.24) is 15.1 Å². The number of hydrogen-bond acceptors (Lipinski definition) is 3. The highest BCUT2D eigenvalue weighted by Crippen LogP contribution is 2.18. The molecule has 1 N–H and O–H groups in total. The fourth-order valence-electron chi connectivity index (χ4n) is 1.30. The van der Waals surface area contributed by atoms with Crippen molar-refractivity contribution in [3.63, 3.8) is 0 Å². The fraction of sp³-hybridized carbons (Fsp3) is 0.500. The Balaban J connectivity index is 2.05. The van der Waals surface area contributed by atoms with Gasteiger partial charge in [0, 0.05) is 12.1 Å². The van der Waals surface area contributed by atoms with Crippen LogP contribution in [0.2, 0.25) is 0 Å². The summed E-state index contributed by atoms with van der Waals surface area (Å²) in [5, 5.41) is 6.79. The van der Waals surface area contributed by atoms with Crippen LogP contribution in [0.25, 0.3) is 0 Å². The van der Waals surface area contributed by atoms with Gasteiger partial charge in [-0.1, -0.05) is 0 Å². The molecule has 0 unspecified atom stereocenters. The van der Waals surface area contributed by atoms with Crippen LogP contribution in [0.4, 0.5) is 0 Å². The van der Waals surface area contributed by atoms with E-state index < -0.39 is 0 Å². The van der Waals surface area contributed by atoms with E-state index in [-0.39, 0.29) is 18.0 Å². The molecule has 1 aromatic heterocycles. The van der Waals surface area contributed by atoms with Gasteiger partial charge in [0.05, 0.1) is 5.69 Å². The maximum absolute atomic E-state index is 11.4. The topological polar surface area (TPSA) is 64.0 Å². The van der Waals surface area contributed by atoms with E-state index in [0.717, 1.165) is 18.5 Å². The zero-order valence-electron chi connectivity index (χ0n) is 8.56. The normalized spacial score (nSPS) is 15.0. The zero-order chi connectivity index (χ0) is 10.8. The molecule has 1 aliphatic carbocycles. The van der Waals surface area contributed by atoms with Gasteiger partial charge in [-0.05, 0) is 25.8 Å². The number of carbonyl (C=O) groups is 1. The van der Waals surface area contributed by atoms with Crippen LogP contribution in [0, 0.1) is 6.92 Å². The van der Waals surface area contributed by atoms with Gasteiger partial charge in [-0.25, -0.2) is 4.68 Å². The van der Waals surface area contributed by atoms with Crippen LogP contribution in [0.3, 0.4) is 0 Å². The quantitative estimate of drug-likeness (QED) is 0.748. The van der Waals surface area contributed by atoms with Gasteiger partial charge in [0.2, 0.25) is 5.91 Å². The molecule has 0 spiro atoms. The maximum Gasteiger partial charge on any atom is 0.267 e. The number of aryl methyl sites for hydroxylation is 1. The molecule has 5 nitrogen and oxygen atoms in total. The third-order valence-electron chi connectivity index (χ3n) is 2.24. The number of rotatable bonds is 3. The lowest BCUT2D eigenvalue weighted by molar-refractivity contribution is -0.122. The van der Waals surface area contributed by atoms with Crippen molar-refractivity contribution in [2.45, 2.75) is 32.4 Å². The fourth-order valence-corrected chi connectivity index (χ4v) is 1.30. The molecule has 0 radical (unpaired) electrons. The molecule has 0 saturated heterocycles. The van der Waals surface area contributed by atoms with Crippen molar-refractivity contribution < 1.29 is 4.79 Å². The first kappa shape index (κ1) is 9.89. The molecular formula is C10H13N3O2. The average molecular weight is 207 g/mol. The number of amides is 1. The third kappa shape index (κ3) is 2.65. The van der Waals surface area contributed by atoms with Crippen molar-refractivity contribution in [1.29, 1.82) is 0 Å². The summed E-state index contributed by atoms with van der Waals surface area (Å²) < 4.78 is 1.19. The predicted molar refractivity (Wildman–Crippen MR) is 54.4 cm³/mol. The Morgan fingerprint density at radius 2 is 2.33 bits per heavy atom. The summed E-state index contributed by atoms with van der Waals surface area (Å²) in [6.45, 7) is 1.80. The molecule has 1 saturated carbocycles. The van der Waals surface area contributed by atoms with Gasteiger partial charge in [0.15, 0.2) is 0 Å². The van der Waals surface area contributed by atoms with E-state index in [9.17, 15) is 9.59 Å². The summed E-state index contributed by atoms with van der Waals surface area (Å²) in [5.41, 5.74) is 0.486. The summed E-state index contributed by atoms with van der Waals surface area (Å²) in [5.74, 6) is -0.141. The highest BCUT2D eigenvalue weighted by Gasteiger charge is 2.23. The molecule has 0 atom stereocenters. The Hall–Kier alpha value is -1.65. The molecule has 2 rings (SSSR count). The van der Waals surface area contributed by atoms with Crippen LogP contribution in [0.15, 0.2) is 16.9 Å². The Labute approximate surface area is 87.1 Å². The molecule has 1 aliphatic rings. The number of hydrogen-bond donors (Lipinski definition) is 1. The summed E-state index contributed by atoms with van der Waals surface area (Å²) in [6, 6.07) is 3.38. The number of nitrogens with one attached hydrogen (secondary N) is 1. The predicted octanol–water partition coefficient (Wildman–Crippen LogP) is -0.170. The van der Waals surface area contributed by atoms with Crippen molar-refractivity contribution in [3.05, 3.63) is 28.2 Å². The van der Waals surface area contributed by atoms with E-state index in [2.05, 4.69) is 10.4 Å². The van der Waals surface area contributed by atoms with E-state index in [1.54, 1.807) is 13.0 Å². The van der Waals surface area contributed by atoms with Crippen molar-refractivity contribution in [2.24, 2.45) is 0 Å². The Bertz CT molecular complexity index is 435. The highest BCUT2D eigenvalue weighted by atomic mass is 16.2. The summed E-state index contributed by atoms with van der Waals surface area (Å²) >= 11 is 0. The van der Waals surface area contributed by atoms with Gasteiger partial charge in [0.25, 0.3) is 5.56 Å². The van der Waals surface area contributed by atoms with Gasteiger partial charge in [-0.15, -0.1) is 0 Å². The van der Waals surface area contributed by atoms with Crippen molar-refractivity contribution in [3.8, 4) is 0 Å². The maximum atomic E-state index is 11.4. The monoisotopic (exact) mass is 207 g/mol. The average Bonchev–Trinajstić information content (AvgIpc) is 2.95. The number of carbonyl (C=O) groups excluding carboxylic acids is 1. The molecule has 1 heterocycles. The molecule has 0 aromatic carbocycles. The van der Waals surface area contributed by atoms with E-state index in [4.69, 9.17) is 0 Å². The molecule has 1 amide bonds. The second-order valence-corrected chi connectivity index (χ2v) is 3.81. The molecule has 1 fully saturated rings. The van der Waals surface area contributed by atoms with Crippen LogP contribution in [-0.2, 0) is 11.3 Å². The standard InChI is InChI=1S/C10H13N3O2/c1-7-2-5-10(15)13(12-7)6-9(14)11-8-3-4-8/h2,5,8H,3-4,6H2,1H3,(H,11,14). The van der Waals surface area contributed by atoms with Gasteiger partial charge in [-0.3, -0.25) is 9.59 Å².